The number of hydrogen-bond acceptors (Lipinski definition) is 6. The monoisotopic (exact) mass is 616 g/mol. The Morgan fingerprint density at radius 2 is 1.82 bits per heavy atom. The summed E-state index contributed by atoms with van der Waals surface area (Å²) in [5.41, 5.74) is 3.63. The molecule has 0 fully saturated rings. The summed E-state index contributed by atoms with van der Waals surface area (Å²) in [5.74, 6) is -0.816. The Hall–Kier alpha value is -3.73. The highest BCUT2D eigenvalue weighted by molar-refractivity contribution is 9.10. The molecule has 0 radical (unpaired) electrons. The minimum Gasteiger partial charge on any atom is -0.480 e. The van der Waals surface area contributed by atoms with Gasteiger partial charge in [-0.2, -0.15) is 0 Å². The lowest BCUT2D eigenvalue weighted by Crippen LogP contribution is -2.30. The van der Waals surface area contributed by atoms with E-state index in [1.54, 1.807) is 10.9 Å². The Bertz CT molecular complexity index is 1780. The van der Waals surface area contributed by atoms with Crippen molar-refractivity contribution in [2.45, 2.75) is 30.0 Å². The normalized spacial score (nSPS) is 15.3. The van der Waals surface area contributed by atoms with Gasteiger partial charge in [-0.1, -0.05) is 78.0 Å². The molecule has 0 amide bonds. The van der Waals surface area contributed by atoms with Crippen LogP contribution < -0.4 is 5.56 Å². The smallest absolute Gasteiger partial charge is 0.327 e. The summed E-state index contributed by atoms with van der Waals surface area (Å²) in [4.78, 5) is 25.6. The first-order chi connectivity index (χ1) is 19.5. The van der Waals surface area contributed by atoms with E-state index < -0.39 is 12.0 Å². The number of halogens is 1. The molecule has 6 rings (SSSR count). The van der Waals surface area contributed by atoms with Crippen molar-refractivity contribution in [1.82, 2.24) is 19.6 Å². The number of pyridine rings is 1. The molecule has 8 nitrogen and oxygen atoms in total. The zero-order valence-electron chi connectivity index (χ0n) is 21.3. The van der Waals surface area contributed by atoms with Gasteiger partial charge in [0.2, 0.25) is 0 Å². The van der Waals surface area contributed by atoms with Crippen LogP contribution in [0.5, 0.6) is 0 Å². The van der Waals surface area contributed by atoms with Gasteiger partial charge in [0.1, 0.15) is 11.7 Å². The minimum atomic E-state index is -1.06. The largest absolute Gasteiger partial charge is 0.480 e. The number of aliphatic hydroxyl groups excluding tert-OH is 1. The molecule has 0 saturated heterocycles. The summed E-state index contributed by atoms with van der Waals surface area (Å²) in [6.45, 7) is -0.132. The lowest BCUT2D eigenvalue weighted by atomic mass is 9.95. The third-order valence-corrected chi connectivity index (χ3v) is 9.27. The number of benzene rings is 3. The van der Waals surface area contributed by atoms with Gasteiger partial charge in [0, 0.05) is 17.7 Å². The van der Waals surface area contributed by atoms with E-state index in [2.05, 4.69) is 32.3 Å². The number of fused-ring (bicyclic) bond motifs is 2. The Balaban J connectivity index is 1.50. The number of aromatic nitrogens is 4. The van der Waals surface area contributed by atoms with Gasteiger partial charge in [0.25, 0.3) is 5.56 Å². The van der Waals surface area contributed by atoms with Crippen LogP contribution in [0.15, 0.2) is 93.3 Å². The second-order valence-corrected chi connectivity index (χ2v) is 11.5. The standard InChI is InChI=1S/C30H25BrN4O4S/c31-27-23(14-20-11-6-10-19-9-4-5-12-22(19)20)26(29-35(28(27)37)25(17-40-29)30(38)39)24-15-34(33-32-24)21(16-36)13-18-7-2-1-3-8-18/h1-12,15,21,25,36H,13-14,16-17H2,(H,38,39)/t21-,25-/m0/s1. The van der Waals surface area contributed by atoms with E-state index in [4.69, 9.17) is 0 Å². The average molecular weight is 618 g/mol. The van der Waals surface area contributed by atoms with Gasteiger partial charge >= 0.3 is 5.97 Å². The molecule has 0 spiro atoms. The van der Waals surface area contributed by atoms with Crippen LogP contribution in [-0.4, -0.2) is 48.1 Å². The Labute approximate surface area is 242 Å². The van der Waals surface area contributed by atoms with Crippen LogP contribution in [0, 0.1) is 0 Å². The lowest BCUT2D eigenvalue weighted by Gasteiger charge is -2.18. The van der Waals surface area contributed by atoms with Crippen LogP contribution in [0.3, 0.4) is 0 Å². The van der Waals surface area contributed by atoms with Crippen LogP contribution in [0.2, 0.25) is 0 Å². The number of hydrogen-bond donors (Lipinski definition) is 2. The minimum absolute atomic E-state index is 0.132. The van der Waals surface area contributed by atoms with Gasteiger partial charge in [-0.15, -0.1) is 16.9 Å². The maximum Gasteiger partial charge on any atom is 0.327 e. The van der Waals surface area contributed by atoms with Crippen molar-refractivity contribution in [3.8, 4) is 11.3 Å². The zero-order valence-corrected chi connectivity index (χ0v) is 23.7. The van der Waals surface area contributed by atoms with Crippen molar-refractivity contribution >= 4 is 44.4 Å². The number of carboxylic acid groups (broad SMARTS) is 1. The number of nitrogens with zero attached hydrogens (tertiary/aromatic N) is 4. The molecule has 3 aromatic carbocycles. The zero-order chi connectivity index (χ0) is 27.8. The Morgan fingerprint density at radius 1 is 1.07 bits per heavy atom. The highest BCUT2D eigenvalue weighted by Gasteiger charge is 2.36. The highest BCUT2D eigenvalue weighted by atomic mass is 79.9. The molecule has 2 atom stereocenters. The molecule has 10 heteroatoms. The fourth-order valence-corrected chi connectivity index (χ4v) is 7.15. The molecule has 0 bridgehead atoms. The topological polar surface area (TPSA) is 110 Å². The number of aliphatic hydroxyl groups is 1. The summed E-state index contributed by atoms with van der Waals surface area (Å²) < 4.78 is 3.31. The molecule has 2 aromatic heterocycles. The van der Waals surface area contributed by atoms with Crippen molar-refractivity contribution < 1.29 is 15.0 Å². The second-order valence-electron chi connectivity index (χ2n) is 9.74. The van der Waals surface area contributed by atoms with E-state index >= 15 is 0 Å². The summed E-state index contributed by atoms with van der Waals surface area (Å²) in [7, 11) is 0. The van der Waals surface area contributed by atoms with Crippen LogP contribution in [-0.2, 0) is 17.6 Å². The SMILES string of the molecule is O=C(O)[C@@H]1CSc2c(-c3cn([C@H](CO)Cc4ccccc4)nn3)c(Cc3cccc4ccccc34)c(Br)c(=O)n21. The van der Waals surface area contributed by atoms with Gasteiger partial charge in [0.15, 0.2) is 0 Å². The third-order valence-electron chi connectivity index (χ3n) is 7.29. The lowest BCUT2D eigenvalue weighted by molar-refractivity contribution is -0.140. The predicted molar refractivity (Wildman–Crippen MR) is 158 cm³/mol. The molecular weight excluding hydrogens is 592 g/mol. The van der Waals surface area contributed by atoms with Gasteiger partial charge in [-0.3, -0.25) is 9.36 Å². The van der Waals surface area contributed by atoms with Crippen LogP contribution in [0.25, 0.3) is 22.0 Å². The van der Waals surface area contributed by atoms with Crippen LogP contribution >= 0.6 is 27.7 Å². The van der Waals surface area contributed by atoms with Gasteiger partial charge in [0.05, 0.1) is 28.3 Å². The molecule has 0 aliphatic carbocycles. The van der Waals surface area contributed by atoms with Crippen molar-refractivity contribution in [3.05, 3.63) is 111 Å². The van der Waals surface area contributed by atoms with Crippen LogP contribution in [0.4, 0.5) is 0 Å². The van der Waals surface area contributed by atoms with Crippen molar-refractivity contribution in [2.24, 2.45) is 0 Å². The molecule has 1 aliphatic rings. The maximum absolute atomic E-state index is 13.6. The molecule has 202 valence electrons. The first kappa shape index (κ1) is 26.5. The van der Waals surface area contributed by atoms with E-state index in [9.17, 15) is 19.8 Å². The molecule has 5 aromatic rings. The van der Waals surface area contributed by atoms with Gasteiger partial charge < -0.3 is 10.2 Å². The molecule has 2 N–H and O–H groups in total. The molecule has 0 saturated carbocycles. The van der Waals surface area contributed by atoms with Crippen molar-refractivity contribution in [2.75, 3.05) is 12.4 Å². The predicted octanol–water partition coefficient (Wildman–Crippen LogP) is 5.12. The second kappa shape index (κ2) is 11.0. The van der Waals surface area contributed by atoms with E-state index in [1.165, 1.54) is 16.3 Å². The average Bonchev–Trinajstić information content (AvgIpc) is 3.64. The van der Waals surface area contributed by atoms with E-state index in [1.807, 2.05) is 66.7 Å². The molecule has 3 heterocycles. The number of aliphatic carboxylic acids is 1. The van der Waals surface area contributed by atoms with Crippen molar-refractivity contribution in [3.63, 3.8) is 0 Å². The number of carbonyl (C=O) groups is 1. The first-order valence-electron chi connectivity index (χ1n) is 12.8. The van der Waals surface area contributed by atoms with Crippen LogP contribution in [0.1, 0.15) is 28.8 Å². The van der Waals surface area contributed by atoms with E-state index in [0.717, 1.165) is 27.5 Å². The highest BCUT2D eigenvalue weighted by Crippen LogP contribution is 2.43. The van der Waals surface area contributed by atoms with Crippen molar-refractivity contribution in [1.29, 1.82) is 0 Å². The summed E-state index contributed by atoms with van der Waals surface area (Å²) in [6.07, 6.45) is 2.77. The summed E-state index contributed by atoms with van der Waals surface area (Å²) >= 11 is 4.88. The fourth-order valence-electron chi connectivity index (χ4n) is 5.29. The van der Waals surface area contributed by atoms with Gasteiger partial charge in [-0.05, 0) is 49.8 Å². The molecular formula is C30H25BrN4O4S. The summed E-state index contributed by atoms with van der Waals surface area (Å²) in [6, 6.07) is 22.7. The molecule has 1 aliphatic heterocycles. The van der Waals surface area contributed by atoms with Gasteiger partial charge in [-0.25, -0.2) is 9.48 Å². The quantitative estimate of drug-likeness (QED) is 0.249. The number of thioether (sulfide) groups is 1. The third kappa shape index (κ3) is 4.76. The molecule has 40 heavy (non-hydrogen) atoms. The Kier molecular flexibility index (Phi) is 7.31. The summed E-state index contributed by atoms with van der Waals surface area (Å²) in [5, 5.41) is 31.6. The maximum atomic E-state index is 13.6. The Morgan fingerprint density at radius 3 is 2.60 bits per heavy atom. The fraction of sp³-hybridized carbons (Fsp3) is 0.200. The molecule has 0 unspecified atom stereocenters. The van der Waals surface area contributed by atoms with E-state index in [0.29, 0.717) is 33.6 Å². The number of rotatable bonds is 8. The first-order valence-corrected chi connectivity index (χ1v) is 14.6. The number of carboxylic acids is 1. The van der Waals surface area contributed by atoms with E-state index in [-0.39, 0.29) is 24.0 Å².